The molecule has 1 aliphatic rings. The lowest BCUT2D eigenvalue weighted by Crippen LogP contribution is -2.30. The van der Waals surface area contributed by atoms with Gasteiger partial charge in [-0.2, -0.15) is 4.31 Å². The fourth-order valence-electron chi connectivity index (χ4n) is 2.03. The molecule has 2 unspecified atom stereocenters. The summed E-state index contributed by atoms with van der Waals surface area (Å²) in [6, 6.07) is 3.13. The molecule has 5 N–H and O–H groups in total. The predicted octanol–water partition coefficient (Wildman–Crippen LogP) is -1.39. The Morgan fingerprint density at radius 1 is 1.33 bits per heavy atom. The van der Waals surface area contributed by atoms with E-state index in [0.717, 1.165) is 22.5 Å². The smallest absolute Gasteiger partial charge is 0.293 e. The molecule has 11 heteroatoms. The number of nitrogens with two attached hydrogens (primary N) is 1. The number of hydrogen-bond donors (Lipinski definition) is 4. The molecule has 1 aromatic rings. The average Bonchev–Trinajstić information content (AvgIpc) is 2.78. The van der Waals surface area contributed by atoms with Crippen LogP contribution in [-0.4, -0.2) is 53.2 Å². The highest BCUT2D eigenvalue weighted by atomic mass is 32.2. The minimum Gasteiger partial charge on any atom is -0.389 e. The number of rotatable bonds is 4. The Hall–Kier alpha value is -1.79. The largest absolute Gasteiger partial charge is 0.389 e. The zero-order valence-corrected chi connectivity index (χ0v) is 11.5. The number of aliphatic hydroxyl groups excluding tert-OH is 2. The van der Waals surface area contributed by atoms with Crippen molar-refractivity contribution in [1.82, 2.24) is 4.31 Å². The number of sulfonamides is 1. The summed E-state index contributed by atoms with van der Waals surface area (Å²) in [6.07, 6.45) is -2.32. The summed E-state index contributed by atoms with van der Waals surface area (Å²) < 4.78 is 25.6. The third-order valence-electron chi connectivity index (χ3n) is 3.18. The average molecular weight is 318 g/mol. The second-order valence-corrected chi connectivity index (χ2v) is 6.48. The molecular formula is C10H14N4O6S. The van der Waals surface area contributed by atoms with E-state index in [1.54, 1.807) is 0 Å². The molecule has 0 spiro atoms. The number of nitro benzene ring substituents is 1. The van der Waals surface area contributed by atoms with Gasteiger partial charge in [0, 0.05) is 19.2 Å². The van der Waals surface area contributed by atoms with Crippen LogP contribution in [0.25, 0.3) is 0 Å². The van der Waals surface area contributed by atoms with E-state index in [-0.39, 0.29) is 29.4 Å². The monoisotopic (exact) mass is 318 g/mol. The molecule has 1 heterocycles. The van der Waals surface area contributed by atoms with Crippen molar-refractivity contribution in [1.29, 1.82) is 0 Å². The number of anilines is 1. The van der Waals surface area contributed by atoms with E-state index in [2.05, 4.69) is 5.43 Å². The summed E-state index contributed by atoms with van der Waals surface area (Å²) in [5.41, 5.74) is 1.56. The van der Waals surface area contributed by atoms with E-state index in [1.165, 1.54) is 0 Å². The number of aliphatic hydroxyl groups is 2. The minimum absolute atomic E-state index is 0.152. The first kappa shape index (κ1) is 15.6. The number of β-amino-alcohol motifs (C(OH)–C–C–N with tert-alkyl or cyclic N) is 2. The van der Waals surface area contributed by atoms with Crippen molar-refractivity contribution >= 4 is 21.4 Å². The minimum atomic E-state index is -3.98. The van der Waals surface area contributed by atoms with Gasteiger partial charge < -0.3 is 15.6 Å². The van der Waals surface area contributed by atoms with Crippen LogP contribution in [-0.2, 0) is 10.0 Å². The summed E-state index contributed by atoms with van der Waals surface area (Å²) in [7, 11) is -3.98. The van der Waals surface area contributed by atoms with Gasteiger partial charge in [-0.3, -0.25) is 16.0 Å². The van der Waals surface area contributed by atoms with Gasteiger partial charge in [0.2, 0.25) is 10.0 Å². The van der Waals surface area contributed by atoms with Crippen molar-refractivity contribution in [3.8, 4) is 0 Å². The zero-order valence-electron chi connectivity index (χ0n) is 10.7. The van der Waals surface area contributed by atoms with E-state index in [0.29, 0.717) is 0 Å². The normalized spacial score (nSPS) is 23.2. The van der Waals surface area contributed by atoms with Gasteiger partial charge in [0.1, 0.15) is 5.69 Å². The van der Waals surface area contributed by atoms with Crippen molar-refractivity contribution in [2.75, 3.05) is 18.5 Å². The number of nitrogens with zero attached hydrogens (tertiary/aromatic N) is 2. The number of nitrogen functional groups attached to an aromatic ring is 1. The van der Waals surface area contributed by atoms with Crippen LogP contribution in [0.1, 0.15) is 0 Å². The molecule has 0 amide bonds. The number of nitrogens with one attached hydrogen (secondary N) is 1. The summed E-state index contributed by atoms with van der Waals surface area (Å²) in [5, 5.41) is 29.6. The lowest BCUT2D eigenvalue weighted by molar-refractivity contribution is -0.384. The van der Waals surface area contributed by atoms with E-state index < -0.39 is 27.2 Å². The molecule has 0 saturated carbocycles. The fraction of sp³-hybridized carbons (Fsp3) is 0.400. The van der Waals surface area contributed by atoms with E-state index in [9.17, 15) is 28.7 Å². The van der Waals surface area contributed by atoms with Gasteiger partial charge in [0.05, 0.1) is 22.0 Å². The summed E-state index contributed by atoms with van der Waals surface area (Å²) in [6.45, 7) is -0.488. The van der Waals surface area contributed by atoms with Gasteiger partial charge in [0.15, 0.2) is 0 Å². The van der Waals surface area contributed by atoms with Crippen molar-refractivity contribution in [2.24, 2.45) is 5.84 Å². The Kier molecular flexibility index (Phi) is 4.11. The first-order chi connectivity index (χ1) is 9.77. The lowest BCUT2D eigenvalue weighted by atomic mass is 10.3. The molecule has 2 rings (SSSR count). The maximum absolute atomic E-state index is 12.3. The molecule has 116 valence electrons. The molecule has 0 aromatic heterocycles. The fourth-order valence-corrected chi connectivity index (χ4v) is 3.53. The highest BCUT2D eigenvalue weighted by Gasteiger charge is 2.38. The molecule has 1 fully saturated rings. The Morgan fingerprint density at radius 2 is 1.90 bits per heavy atom. The van der Waals surface area contributed by atoms with Gasteiger partial charge in [0.25, 0.3) is 5.69 Å². The molecule has 1 aliphatic heterocycles. The van der Waals surface area contributed by atoms with Crippen LogP contribution < -0.4 is 11.3 Å². The molecule has 2 atom stereocenters. The number of nitro groups is 1. The SMILES string of the molecule is NNc1cc(S(=O)(=O)N2CC(O)C(O)C2)ccc1[N+](=O)[O-]. The van der Waals surface area contributed by atoms with Crippen LogP contribution in [0.5, 0.6) is 0 Å². The number of hydrazine groups is 1. The highest BCUT2D eigenvalue weighted by molar-refractivity contribution is 7.89. The standard InChI is InChI=1S/C10H14N4O6S/c11-12-7-3-6(1-2-8(7)14(17)18)21(19,20)13-4-9(15)10(16)5-13/h1-3,9-10,12,15-16H,4-5,11H2. The molecular weight excluding hydrogens is 304 g/mol. The quantitative estimate of drug-likeness (QED) is 0.300. The van der Waals surface area contributed by atoms with Gasteiger partial charge in [-0.25, -0.2) is 8.42 Å². The highest BCUT2D eigenvalue weighted by Crippen LogP contribution is 2.29. The Bertz CT molecular complexity index is 654. The Balaban J connectivity index is 2.39. The van der Waals surface area contributed by atoms with Crippen molar-refractivity contribution in [2.45, 2.75) is 17.1 Å². The first-order valence-corrected chi connectivity index (χ1v) is 7.32. The van der Waals surface area contributed by atoms with Crippen molar-refractivity contribution in [3.63, 3.8) is 0 Å². The van der Waals surface area contributed by atoms with Crippen LogP contribution in [0, 0.1) is 10.1 Å². The molecule has 0 aliphatic carbocycles. The van der Waals surface area contributed by atoms with Gasteiger partial charge >= 0.3 is 0 Å². The molecule has 1 aromatic carbocycles. The molecule has 0 radical (unpaired) electrons. The van der Waals surface area contributed by atoms with Gasteiger partial charge in [-0.15, -0.1) is 0 Å². The van der Waals surface area contributed by atoms with E-state index in [1.807, 2.05) is 0 Å². The predicted molar refractivity (Wildman–Crippen MR) is 71.7 cm³/mol. The third-order valence-corrected chi connectivity index (χ3v) is 5.01. The summed E-state index contributed by atoms with van der Waals surface area (Å²) >= 11 is 0. The topological polar surface area (TPSA) is 159 Å². The maximum atomic E-state index is 12.3. The molecule has 10 nitrogen and oxygen atoms in total. The third kappa shape index (κ3) is 2.82. The number of benzene rings is 1. The molecule has 1 saturated heterocycles. The van der Waals surface area contributed by atoms with Gasteiger partial charge in [-0.1, -0.05) is 0 Å². The zero-order chi connectivity index (χ0) is 15.8. The summed E-state index contributed by atoms with van der Waals surface area (Å²) in [4.78, 5) is 9.85. The first-order valence-electron chi connectivity index (χ1n) is 5.88. The Morgan fingerprint density at radius 3 is 2.38 bits per heavy atom. The van der Waals surface area contributed by atoms with E-state index in [4.69, 9.17) is 5.84 Å². The van der Waals surface area contributed by atoms with E-state index >= 15 is 0 Å². The summed E-state index contributed by atoms with van der Waals surface area (Å²) in [5.74, 6) is 5.16. The van der Waals surface area contributed by atoms with Crippen molar-refractivity contribution < 1.29 is 23.6 Å². The Labute approximate surface area is 120 Å². The van der Waals surface area contributed by atoms with Crippen LogP contribution in [0.3, 0.4) is 0 Å². The van der Waals surface area contributed by atoms with Crippen molar-refractivity contribution in [3.05, 3.63) is 28.3 Å². The van der Waals surface area contributed by atoms with Crippen LogP contribution in [0.15, 0.2) is 23.1 Å². The second-order valence-electron chi connectivity index (χ2n) is 4.54. The van der Waals surface area contributed by atoms with Crippen LogP contribution in [0.2, 0.25) is 0 Å². The lowest BCUT2D eigenvalue weighted by Gasteiger charge is -2.16. The number of hydrogen-bond acceptors (Lipinski definition) is 8. The van der Waals surface area contributed by atoms with Crippen LogP contribution in [0.4, 0.5) is 11.4 Å². The second kappa shape index (κ2) is 5.54. The maximum Gasteiger partial charge on any atom is 0.293 e. The molecule has 21 heavy (non-hydrogen) atoms. The van der Waals surface area contributed by atoms with Crippen LogP contribution >= 0.6 is 0 Å². The van der Waals surface area contributed by atoms with Gasteiger partial charge in [-0.05, 0) is 12.1 Å². The molecule has 0 bridgehead atoms.